The summed E-state index contributed by atoms with van der Waals surface area (Å²) in [5.74, 6) is 1.11. The number of nitro groups is 1. The highest BCUT2D eigenvalue weighted by molar-refractivity contribution is 6.13. The molecule has 4 aromatic rings. The van der Waals surface area contributed by atoms with Crippen molar-refractivity contribution in [2.75, 3.05) is 33.8 Å². The van der Waals surface area contributed by atoms with E-state index in [9.17, 15) is 14.9 Å². The maximum atomic E-state index is 13.5. The van der Waals surface area contributed by atoms with E-state index in [0.717, 1.165) is 0 Å². The minimum Gasteiger partial charge on any atom is -0.495 e. The third-order valence-electron chi connectivity index (χ3n) is 5.56. The van der Waals surface area contributed by atoms with Crippen molar-refractivity contribution >= 4 is 28.2 Å². The first-order valence-corrected chi connectivity index (χ1v) is 10.7. The summed E-state index contributed by atoms with van der Waals surface area (Å²) in [5.41, 5.74) is 2.02. The van der Waals surface area contributed by atoms with E-state index in [1.165, 1.54) is 46.6 Å². The van der Waals surface area contributed by atoms with Gasteiger partial charge in [0.05, 0.1) is 55.8 Å². The molecule has 0 aliphatic rings. The van der Waals surface area contributed by atoms with E-state index in [-0.39, 0.29) is 17.1 Å². The van der Waals surface area contributed by atoms with Crippen molar-refractivity contribution < 1.29 is 28.7 Å². The molecule has 4 rings (SSSR count). The lowest BCUT2D eigenvalue weighted by molar-refractivity contribution is -0.384. The number of hydrogen-bond acceptors (Lipinski definition) is 8. The highest BCUT2D eigenvalue weighted by Gasteiger charge is 2.20. The van der Waals surface area contributed by atoms with Crippen LogP contribution in [0, 0.1) is 10.1 Å². The fourth-order valence-corrected chi connectivity index (χ4v) is 3.84. The van der Waals surface area contributed by atoms with Crippen molar-refractivity contribution in [2.24, 2.45) is 0 Å². The second-order valence-corrected chi connectivity index (χ2v) is 7.58. The second kappa shape index (κ2) is 10.2. The monoisotopic (exact) mass is 489 g/mol. The second-order valence-electron chi connectivity index (χ2n) is 7.58. The molecule has 0 radical (unpaired) electrons. The molecule has 0 aliphatic carbocycles. The Bertz CT molecular complexity index is 1440. The van der Waals surface area contributed by atoms with Gasteiger partial charge in [-0.1, -0.05) is 18.2 Å². The lowest BCUT2D eigenvalue weighted by Gasteiger charge is -2.15. The van der Waals surface area contributed by atoms with Gasteiger partial charge in [-0.2, -0.15) is 0 Å². The van der Waals surface area contributed by atoms with Crippen LogP contribution in [-0.4, -0.2) is 44.3 Å². The predicted octanol–water partition coefficient (Wildman–Crippen LogP) is 5.10. The third-order valence-corrected chi connectivity index (χ3v) is 5.56. The van der Waals surface area contributed by atoms with Crippen molar-refractivity contribution in [3.05, 3.63) is 76.3 Å². The van der Waals surface area contributed by atoms with Crippen LogP contribution in [0.2, 0.25) is 0 Å². The van der Waals surface area contributed by atoms with E-state index >= 15 is 0 Å². The third kappa shape index (κ3) is 4.56. The maximum absolute atomic E-state index is 13.5. The zero-order valence-electron chi connectivity index (χ0n) is 20.0. The summed E-state index contributed by atoms with van der Waals surface area (Å²) in [6.45, 7) is 0. The van der Waals surface area contributed by atoms with Gasteiger partial charge in [-0.3, -0.25) is 14.9 Å². The molecule has 0 bridgehead atoms. The van der Waals surface area contributed by atoms with Gasteiger partial charge in [0, 0.05) is 23.1 Å². The smallest absolute Gasteiger partial charge is 0.271 e. The normalized spacial score (nSPS) is 10.6. The van der Waals surface area contributed by atoms with E-state index in [0.29, 0.717) is 45.0 Å². The molecular formula is C26H23N3O7. The zero-order valence-corrected chi connectivity index (χ0v) is 20.0. The van der Waals surface area contributed by atoms with E-state index in [1.807, 2.05) is 6.07 Å². The highest BCUT2D eigenvalue weighted by atomic mass is 16.6. The van der Waals surface area contributed by atoms with Crippen LogP contribution in [0.1, 0.15) is 10.4 Å². The molecule has 1 aromatic heterocycles. The molecule has 0 fully saturated rings. The lowest BCUT2D eigenvalue weighted by atomic mass is 10.0. The van der Waals surface area contributed by atoms with Crippen LogP contribution < -0.4 is 24.3 Å². The Labute approximate surface area is 206 Å². The topological polar surface area (TPSA) is 122 Å². The molecule has 10 heteroatoms. The van der Waals surface area contributed by atoms with Crippen LogP contribution >= 0.6 is 0 Å². The molecule has 0 aliphatic heterocycles. The SMILES string of the molecule is COc1ccc([N+](=O)[O-])cc1NC(=O)c1cc(-c2cc(OC)c(OC)c(OC)c2)nc2ccccc12. The van der Waals surface area contributed by atoms with Gasteiger partial charge in [-0.25, -0.2) is 4.98 Å². The van der Waals surface area contributed by atoms with Gasteiger partial charge in [0.2, 0.25) is 5.75 Å². The Hall–Kier alpha value is -4.86. The average molecular weight is 489 g/mol. The summed E-state index contributed by atoms with van der Waals surface area (Å²) in [7, 11) is 5.96. The molecule has 1 N–H and O–H groups in total. The molecular weight excluding hydrogens is 466 g/mol. The fraction of sp³-hybridized carbons (Fsp3) is 0.154. The standard InChI is InChI=1S/C26H23N3O7/c1-33-22-10-9-16(29(31)32)13-21(22)28-26(30)18-14-20(27-19-8-6-5-7-17(18)19)15-11-23(34-2)25(36-4)24(12-15)35-3/h5-14H,1-4H3,(H,28,30). The van der Waals surface area contributed by atoms with Crippen molar-refractivity contribution in [1.82, 2.24) is 4.98 Å². The van der Waals surface area contributed by atoms with Gasteiger partial charge in [-0.15, -0.1) is 0 Å². The number of amides is 1. The number of methoxy groups -OCH3 is 4. The van der Waals surface area contributed by atoms with Crippen molar-refractivity contribution in [2.45, 2.75) is 0 Å². The number of nitro benzene ring substituents is 1. The first-order valence-electron chi connectivity index (χ1n) is 10.7. The Morgan fingerprint density at radius 1 is 0.861 bits per heavy atom. The van der Waals surface area contributed by atoms with Crippen LogP contribution in [0.4, 0.5) is 11.4 Å². The predicted molar refractivity (Wildman–Crippen MR) is 134 cm³/mol. The van der Waals surface area contributed by atoms with Gasteiger partial charge in [-0.05, 0) is 30.3 Å². The summed E-state index contributed by atoms with van der Waals surface area (Å²) in [6.07, 6.45) is 0. The van der Waals surface area contributed by atoms with Gasteiger partial charge in [0.25, 0.3) is 11.6 Å². The lowest BCUT2D eigenvalue weighted by Crippen LogP contribution is -2.14. The van der Waals surface area contributed by atoms with Crippen LogP contribution in [-0.2, 0) is 0 Å². The fourth-order valence-electron chi connectivity index (χ4n) is 3.84. The number of fused-ring (bicyclic) bond motifs is 1. The van der Waals surface area contributed by atoms with Gasteiger partial charge < -0.3 is 24.3 Å². The largest absolute Gasteiger partial charge is 0.495 e. The number of aromatic nitrogens is 1. The number of hydrogen-bond donors (Lipinski definition) is 1. The first kappa shape index (κ1) is 24.3. The molecule has 184 valence electrons. The Kier molecular flexibility index (Phi) is 6.86. The molecule has 0 atom stereocenters. The van der Waals surface area contributed by atoms with Gasteiger partial charge in [0.15, 0.2) is 11.5 Å². The molecule has 0 saturated carbocycles. The number of benzene rings is 3. The number of carbonyl (C=O) groups is 1. The Morgan fingerprint density at radius 3 is 2.14 bits per heavy atom. The molecule has 10 nitrogen and oxygen atoms in total. The Morgan fingerprint density at radius 2 is 1.53 bits per heavy atom. The molecule has 3 aromatic carbocycles. The number of rotatable bonds is 8. The van der Waals surface area contributed by atoms with Gasteiger partial charge >= 0.3 is 0 Å². The number of carbonyl (C=O) groups excluding carboxylic acids is 1. The van der Waals surface area contributed by atoms with Crippen LogP contribution in [0.25, 0.3) is 22.2 Å². The molecule has 0 spiro atoms. The number of pyridine rings is 1. The van der Waals surface area contributed by atoms with Crippen molar-refractivity contribution in [3.63, 3.8) is 0 Å². The van der Waals surface area contributed by atoms with E-state index in [1.54, 1.807) is 36.4 Å². The number of anilines is 1. The highest BCUT2D eigenvalue weighted by Crippen LogP contribution is 2.41. The first-order chi connectivity index (χ1) is 17.4. The average Bonchev–Trinajstić information content (AvgIpc) is 2.91. The minimum atomic E-state index is -0.542. The van der Waals surface area contributed by atoms with E-state index in [4.69, 9.17) is 23.9 Å². The summed E-state index contributed by atoms with van der Waals surface area (Å²) < 4.78 is 21.6. The van der Waals surface area contributed by atoms with E-state index in [2.05, 4.69) is 5.32 Å². The molecule has 1 heterocycles. The number of nitrogens with zero attached hydrogens (tertiary/aromatic N) is 2. The van der Waals surface area contributed by atoms with Crippen molar-refractivity contribution in [1.29, 1.82) is 0 Å². The summed E-state index contributed by atoms with van der Waals surface area (Å²) in [4.78, 5) is 28.9. The Balaban J connectivity index is 1.85. The molecule has 36 heavy (non-hydrogen) atoms. The zero-order chi connectivity index (χ0) is 25.8. The number of ether oxygens (including phenoxy) is 4. The minimum absolute atomic E-state index is 0.173. The molecule has 0 saturated heterocycles. The van der Waals surface area contributed by atoms with Crippen LogP contribution in [0.15, 0.2) is 60.7 Å². The summed E-state index contributed by atoms with van der Waals surface area (Å²) in [6, 6.07) is 16.3. The maximum Gasteiger partial charge on any atom is 0.271 e. The van der Waals surface area contributed by atoms with E-state index < -0.39 is 10.8 Å². The van der Waals surface area contributed by atoms with Crippen LogP contribution in [0.5, 0.6) is 23.0 Å². The number of para-hydroxylation sites is 1. The molecule has 1 amide bonds. The number of non-ortho nitro benzene ring substituents is 1. The van der Waals surface area contributed by atoms with Gasteiger partial charge in [0.1, 0.15) is 5.75 Å². The summed E-state index contributed by atoms with van der Waals surface area (Å²) >= 11 is 0. The van der Waals surface area contributed by atoms with Crippen LogP contribution in [0.3, 0.4) is 0 Å². The quantitative estimate of drug-likeness (QED) is 0.268. The number of nitrogens with one attached hydrogen (secondary N) is 1. The molecule has 0 unspecified atom stereocenters. The van der Waals surface area contributed by atoms with Crippen molar-refractivity contribution in [3.8, 4) is 34.3 Å². The summed E-state index contributed by atoms with van der Waals surface area (Å²) in [5, 5.41) is 14.6.